The van der Waals surface area contributed by atoms with Gasteiger partial charge in [0.25, 0.3) is 0 Å². The summed E-state index contributed by atoms with van der Waals surface area (Å²) >= 11 is 0. The van der Waals surface area contributed by atoms with Crippen LogP contribution in [0.3, 0.4) is 0 Å². The van der Waals surface area contributed by atoms with Gasteiger partial charge in [-0.15, -0.1) is 0 Å². The van der Waals surface area contributed by atoms with Gasteiger partial charge in [-0.05, 0) is 51.4 Å². The van der Waals surface area contributed by atoms with Crippen molar-refractivity contribution in [1.29, 1.82) is 0 Å². The molecule has 2 heteroatoms. The van der Waals surface area contributed by atoms with Crippen LogP contribution in [0.5, 0.6) is 0 Å². The van der Waals surface area contributed by atoms with Gasteiger partial charge in [-0.3, -0.25) is 4.79 Å². The number of ether oxygens (including phenoxy) is 1. The van der Waals surface area contributed by atoms with Crippen molar-refractivity contribution >= 4 is 5.97 Å². The van der Waals surface area contributed by atoms with Gasteiger partial charge in [0.15, 0.2) is 0 Å². The van der Waals surface area contributed by atoms with Gasteiger partial charge in [-0.25, -0.2) is 0 Å². The minimum absolute atomic E-state index is 0.0302. The lowest BCUT2D eigenvalue weighted by Gasteiger charge is -2.05. The second kappa shape index (κ2) is 36.5. The fourth-order valence-electron chi connectivity index (χ4n) is 5.01. The zero-order valence-electron chi connectivity index (χ0n) is 27.7. The van der Waals surface area contributed by atoms with Crippen LogP contribution >= 0.6 is 0 Å². The van der Waals surface area contributed by atoms with Crippen LogP contribution in [0.2, 0.25) is 0 Å². The van der Waals surface area contributed by atoms with E-state index >= 15 is 0 Å². The number of rotatable bonds is 32. The molecule has 0 rings (SSSR count). The lowest BCUT2D eigenvalue weighted by Crippen LogP contribution is -2.05. The summed E-state index contributed by atoms with van der Waals surface area (Å²) in [5, 5.41) is 0. The smallest absolute Gasteiger partial charge is 0.305 e. The van der Waals surface area contributed by atoms with Crippen LogP contribution in [-0.2, 0) is 9.53 Å². The van der Waals surface area contributed by atoms with E-state index in [1.165, 1.54) is 128 Å². The summed E-state index contributed by atoms with van der Waals surface area (Å²) in [7, 11) is 0. The molecule has 0 aliphatic rings. The predicted molar refractivity (Wildman–Crippen MR) is 184 cm³/mol. The van der Waals surface area contributed by atoms with Gasteiger partial charge in [0.05, 0.1) is 6.61 Å². The van der Waals surface area contributed by atoms with Crippen molar-refractivity contribution in [2.75, 3.05) is 6.61 Å². The normalized spacial score (nSPS) is 12.1. The summed E-state index contributed by atoms with van der Waals surface area (Å²) in [6.45, 7) is 5.14. The van der Waals surface area contributed by atoms with Gasteiger partial charge in [-0.1, -0.05) is 178 Å². The number of carbonyl (C=O) groups is 1. The molecule has 0 saturated heterocycles. The summed E-state index contributed by atoms with van der Waals surface area (Å²) in [6.07, 6.45) is 51.7. The van der Waals surface area contributed by atoms with Crippen molar-refractivity contribution < 1.29 is 9.53 Å². The lowest BCUT2D eigenvalue weighted by molar-refractivity contribution is -0.143. The zero-order chi connectivity index (χ0) is 29.7. The van der Waals surface area contributed by atoms with E-state index in [0.717, 1.165) is 38.5 Å². The third-order valence-electron chi connectivity index (χ3n) is 7.72. The molecule has 41 heavy (non-hydrogen) atoms. The van der Waals surface area contributed by atoms with E-state index in [1.54, 1.807) is 0 Å². The minimum Gasteiger partial charge on any atom is -0.466 e. The Balaban J connectivity index is 3.32. The highest BCUT2D eigenvalue weighted by Crippen LogP contribution is 2.14. The molecule has 0 aromatic carbocycles. The van der Waals surface area contributed by atoms with E-state index in [-0.39, 0.29) is 5.97 Å². The van der Waals surface area contributed by atoms with Gasteiger partial charge in [0.2, 0.25) is 0 Å². The molecule has 0 radical (unpaired) electrons. The second-order valence-corrected chi connectivity index (χ2v) is 11.9. The Morgan fingerprint density at radius 3 is 1.20 bits per heavy atom. The molecule has 0 aromatic heterocycles. The van der Waals surface area contributed by atoms with Crippen LogP contribution in [0, 0.1) is 0 Å². The first-order valence-electron chi connectivity index (χ1n) is 18.1. The van der Waals surface area contributed by atoms with Gasteiger partial charge in [0.1, 0.15) is 0 Å². The molecule has 0 atom stereocenters. The van der Waals surface area contributed by atoms with Gasteiger partial charge in [-0.2, -0.15) is 0 Å². The third kappa shape index (κ3) is 36.4. The number of hydrogen-bond donors (Lipinski definition) is 0. The maximum Gasteiger partial charge on any atom is 0.305 e. The first-order chi connectivity index (χ1) is 20.3. The molecule has 0 saturated carbocycles. The Morgan fingerprint density at radius 1 is 0.415 bits per heavy atom. The molecule has 0 N–H and O–H groups in total. The number of allylic oxidation sites excluding steroid dienone is 8. The van der Waals surface area contributed by atoms with Crippen molar-refractivity contribution in [1.82, 2.24) is 0 Å². The molecule has 0 aromatic rings. The monoisotopic (exact) mass is 571 g/mol. The fraction of sp³-hybridized carbons (Fsp3) is 0.769. The first-order valence-corrected chi connectivity index (χ1v) is 18.1. The van der Waals surface area contributed by atoms with E-state index in [4.69, 9.17) is 4.74 Å². The van der Waals surface area contributed by atoms with E-state index in [1.807, 2.05) is 0 Å². The van der Waals surface area contributed by atoms with E-state index in [9.17, 15) is 4.79 Å². The van der Waals surface area contributed by atoms with Crippen molar-refractivity contribution in [3.05, 3.63) is 48.6 Å². The summed E-state index contributed by atoms with van der Waals surface area (Å²) in [4.78, 5) is 11.9. The standard InChI is InChI=1S/C39H70O2/c1-3-5-7-9-11-13-15-17-19-21-23-25-27-29-31-33-35-37-39(40)41-38-36-34-32-30-28-26-24-22-20-18-16-14-12-10-8-6-4-2/h11,13,17,19,23,25,29,31H,3-10,12,14-16,18,20-22,24,26-28,30,32-38H2,1-2H3/b13-11-,19-17-,25-23-,31-29-. The zero-order valence-corrected chi connectivity index (χ0v) is 27.7. The third-order valence-corrected chi connectivity index (χ3v) is 7.72. The Bertz CT molecular complexity index is 627. The second-order valence-electron chi connectivity index (χ2n) is 11.9. The van der Waals surface area contributed by atoms with Crippen molar-refractivity contribution in [2.45, 2.75) is 187 Å². The van der Waals surface area contributed by atoms with Gasteiger partial charge in [0, 0.05) is 6.42 Å². The van der Waals surface area contributed by atoms with E-state index in [2.05, 4.69) is 62.5 Å². The van der Waals surface area contributed by atoms with Crippen LogP contribution < -0.4 is 0 Å². The maximum absolute atomic E-state index is 11.9. The molecule has 0 spiro atoms. The SMILES string of the molecule is CCCCC/C=C\C/C=C\C/C=C\C/C=C\CCCC(=O)OCCCCCCCCCCCCCCCCCCC. The Labute approximate surface area is 257 Å². The van der Waals surface area contributed by atoms with Crippen molar-refractivity contribution in [2.24, 2.45) is 0 Å². The van der Waals surface area contributed by atoms with Crippen LogP contribution in [-0.4, -0.2) is 12.6 Å². The minimum atomic E-state index is -0.0302. The van der Waals surface area contributed by atoms with Gasteiger partial charge < -0.3 is 4.74 Å². The topological polar surface area (TPSA) is 26.3 Å². The number of hydrogen-bond acceptors (Lipinski definition) is 2. The molecular weight excluding hydrogens is 500 g/mol. The first kappa shape index (κ1) is 39.4. The van der Waals surface area contributed by atoms with Crippen LogP contribution in [0.25, 0.3) is 0 Å². The average molecular weight is 571 g/mol. The molecule has 0 bridgehead atoms. The number of esters is 1. The lowest BCUT2D eigenvalue weighted by atomic mass is 10.0. The van der Waals surface area contributed by atoms with Crippen molar-refractivity contribution in [3.63, 3.8) is 0 Å². The Morgan fingerprint density at radius 2 is 0.756 bits per heavy atom. The quantitative estimate of drug-likeness (QED) is 0.0457. The molecule has 2 nitrogen and oxygen atoms in total. The molecule has 0 fully saturated rings. The Kier molecular flexibility index (Phi) is 35.1. The summed E-state index contributed by atoms with van der Waals surface area (Å²) in [5.41, 5.74) is 0. The number of carbonyl (C=O) groups excluding carboxylic acids is 1. The van der Waals surface area contributed by atoms with E-state index < -0.39 is 0 Å². The largest absolute Gasteiger partial charge is 0.466 e. The van der Waals surface area contributed by atoms with Crippen LogP contribution in [0.4, 0.5) is 0 Å². The molecule has 0 heterocycles. The molecular formula is C39H70O2. The molecule has 238 valence electrons. The molecule has 0 aliphatic carbocycles. The van der Waals surface area contributed by atoms with Crippen LogP contribution in [0.1, 0.15) is 187 Å². The molecule has 0 aliphatic heterocycles. The summed E-state index contributed by atoms with van der Waals surface area (Å²) in [6, 6.07) is 0. The fourth-order valence-corrected chi connectivity index (χ4v) is 5.01. The highest BCUT2D eigenvalue weighted by molar-refractivity contribution is 5.69. The number of unbranched alkanes of at least 4 members (excludes halogenated alkanes) is 20. The summed E-state index contributed by atoms with van der Waals surface area (Å²) < 4.78 is 5.41. The van der Waals surface area contributed by atoms with Crippen LogP contribution in [0.15, 0.2) is 48.6 Å². The maximum atomic E-state index is 11.9. The Hall–Kier alpha value is -1.57. The molecule has 0 amide bonds. The highest BCUT2D eigenvalue weighted by atomic mass is 16.5. The highest BCUT2D eigenvalue weighted by Gasteiger charge is 2.01. The molecule has 0 unspecified atom stereocenters. The van der Waals surface area contributed by atoms with E-state index in [0.29, 0.717) is 13.0 Å². The average Bonchev–Trinajstić information content (AvgIpc) is 2.98. The summed E-state index contributed by atoms with van der Waals surface area (Å²) in [5.74, 6) is -0.0302. The predicted octanol–water partition coefficient (Wildman–Crippen LogP) is 13.3. The van der Waals surface area contributed by atoms with Gasteiger partial charge >= 0.3 is 5.97 Å². The van der Waals surface area contributed by atoms with Crippen molar-refractivity contribution in [3.8, 4) is 0 Å².